The fourth-order valence-electron chi connectivity index (χ4n) is 7.89. The summed E-state index contributed by atoms with van der Waals surface area (Å²) in [6.07, 6.45) is 1.36. The number of esters is 2. The SMILES string of the molecule is CC1=C2C(=O)OCCCOC(=O)C3=C(C)OC(c4ccccc4)(c4ccccc4)C3CCC2C(c2ccccc2)(c2ccccc2)O1. The van der Waals surface area contributed by atoms with Crippen molar-refractivity contribution in [2.45, 2.75) is 44.3 Å². The van der Waals surface area contributed by atoms with E-state index in [1.165, 1.54) is 0 Å². The quantitative estimate of drug-likeness (QED) is 0.214. The summed E-state index contributed by atoms with van der Waals surface area (Å²) in [5.74, 6) is -0.576. The maximum Gasteiger partial charge on any atom is 0.337 e. The van der Waals surface area contributed by atoms with Gasteiger partial charge in [-0.2, -0.15) is 0 Å². The second-order valence-corrected chi connectivity index (χ2v) is 12.4. The monoisotopic (exact) mass is 626 g/mol. The van der Waals surface area contributed by atoms with Crippen molar-refractivity contribution in [3.8, 4) is 0 Å². The first-order chi connectivity index (χ1) is 23.0. The van der Waals surface area contributed by atoms with Gasteiger partial charge in [-0.3, -0.25) is 0 Å². The maximum atomic E-state index is 14.0. The molecule has 6 heteroatoms. The summed E-state index contributed by atoms with van der Waals surface area (Å²) in [6.45, 7) is 3.95. The number of hydrogen-bond acceptors (Lipinski definition) is 6. The van der Waals surface area contributed by atoms with Crippen molar-refractivity contribution in [1.82, 2.24) is 0 Å². The van der Waals surface area contributed by atoms with Gasteiger partial charge < -0.3 is 18.9 Å². The molecule has 2 atom stereocenters. The van der Waals surface area contributed by atoms with Crippen LogP contribution in [0.15, 0.2) is 144 Å². The van der Waals surface area contributed by atoms with Crippen LogP contribution in [-0.2, 0) is 39.7 Å². The third-order valence-corrected chi connectivity index (χ3v) is 9.81. The molecule has 3 aliphatic rings. The van der Waals surface area contributed by atoms with Crippen LogP contribution in [0.25, 0.3) is 0 Å². The predicted molar refractivity (Wildman–Crippen MR) is 178 cm³/mol. The Morgan fingerprint density at radius 3 is 1.09 bits per heavy atom. The highest BCUT2D eigenvalue weighted by atomic mass is 16.6. The van der Waals surface area contributed by atoms with E-state index in [0.29, 0.717) is 41.9 Å². The van der Waals surface area contributed by atoms with Gasteiger partial charge >= 0.3 is 11.9 Å². The Balaban J connectivity index is 1.43. The molecule has 7 rings (SSSR count). The minimum Gasteiger partial charge on any atom is -0.481 e. The molecule has 1 fully saturated rings. The van der Waals surface area contributed by atoms with Crippen molar-refractivity contribution in [2.24, 2.45) is 11.8 Å². The molecule has 0 saturated carbocycles. The second-order valence-electron chi connectivity index (χ2n) is 12.4. The van der Waals surface area contributed by atoms with Crippen molar-refractivity contribution in [3.05, 3.63) is 166 Å². The number of cyclic esters (lactones) is 2. The summed E-state index contributed by atoms with van der Waals surface area (Å²) in [7, 11) is 0. The Morgan fingerprint density at radius 2 is 0.787 bits per heavy atom. The van der Waals surface area contributed by atoms with E-state index in [-0.39, 0.29) is 13.2 Å². The predicted octanol–water partition coefficient (Wildman–Crippen LogP) is 7.99. The van der Waals surface area contributed by atoms with E-state index in [1.807, 2.05) is 86.6 Å². The topological polar surface area (TPSA) is 71.1 Å². The molecule has 0 bridgehead atoms. The minimum atomic E-state index is -0.998. The van der Waals surface area contributed by atoms with Gasteiger partial charge in [0.2, 0.25) is 0 Å². The van der Waals surface area contributed by atoms with Gasteiger partial charge in [-0.05, 0) is 26.7 Å². The smallest absolute Gasteiger partial charge is 0.337 e. The van der Waals surface area contributed by atoms with Crippen LogP contribution in [0.4, 0.5) is 0 Å². The van der Waals surface area contributed by atoms with Gasteiger partial charge in [0.15, 0.2) is 11.2 Å². The van der Waals surface area contributed by atoms with Crippen LogP contribution in [0.3, 0.4) is 0 Å². The van der Waals surface area contributed by atoms with E-state index in [2.05, 4.69) is 48.5 Å². The first-order valence-electron chi connectivity index (χ1n) is 16.3. The molecular formula is C41H38O6. The van der Waals surface area contributed by atoms with E-state index >= 15 is 0 Å². The number of allylic oxidation sites excluding steroid dienone is 2. The molecular weight excluding hydrogens is 588 g/mol. The van der Waals surface area contributed by atoms with E-state index in [4.69, 9.17) is 18.9 Å². The Hall–Kier alpha value is -5.10. The molecule has 0 spiro atoms. The fourth-order valence-corrected chi connectivity index (χ4v) is 7.89. The van der Waals surface area contributed by atoms with Gasteiger partial charge in [0.05, 0.1) is 24.4 Å². The third kappa shape index (κ3) is 5.12. The summed E-state index contributed by atoms with van der Waals surface area (Å²) in [5, 5.41) is 0. The second kappa shape index (κ2) is 12.6. The first kappa shape index (κ1) is 30.5. The molecule has 2 unspecified atom stereocenters. The fraction of sp³-hybridized carbons (Fsp3) is 0.268. The standard InChI is InChI=1S/C41H38O6/c1-28-36-34(40(46-28,30-16-7-3-8-17-30)31-18-9-4-10-19-31)24-25-35-37(39(43)45-27-15-26-44-38(36)42)29(2)47-41(35,32-20-11-5-12-21-32)33-22-13-6-14-23-33/h3-14,16-23,34-35H,15,24-27H2,1-2H3. The summed E-state index contributed by atoms with van der Waals surface area (Å²) >= 11 is 0. The lowest BCUT2D eigenvalue weighted by Crippen LogP contribution is -2.40. The largest absolute Gasteiger partial charge is 0.481 e. The average molecular weight is 627 g/mol. The molecule has 3 heterocycles. The molecule has 6 nitrogen and oxygen atoms in total. The molecule has 0 radical (unpaired) electrons. The normalized spacial score (nSPS) is 22.3. The van der Waals surface area contributed by atoms with Crippen LogP contribution in [0.2, 0.25) is 0 Å². The maximum absolute atomic E-state index is 14.0. The molecule has 238 valence electrons. The summed E-state index contributed by atoms with van der Waals surface area (Å²) in [5.41, 5.74) is 2.81. The van der Waals surface area contributed by atoms with Gasteiger partial charge in [-0.15, -0.1) is 0 Å². The summed E-state index contributed by atoms with van der Waals surface area (Å²) in [6, 6.07) is 40.3. The highest BCUT2D eigenvalue weighted by Gasteiger charge is 2.57. The number of benzene rings is 4. The van der Waals surface area contributed by atoms with Gasteiger partial charge in [0.1, 0.15) is 11.5 Å². The average Bonchev–Trinajstić information content (AvgIpc) is 3.59. The van der Waals surface area contributed by atoms with Crippen molar-refractivity contribution >= 4 is 11.9 Å². The summed E-state index contributed by atoms with van der Waals surface area (Å²) < 4.78 is 25.5. The Labute approximate surface area is 275 Å². The minimum absolute atomic E-state index is 0.120. The Kier molecular flexibility index (Phi) is 8.19. The van der Waals surface area contributed by atoms with Crippen molar-refractivity contribution < 1.29 is 28.5 Å². The Bertz CT molecular complexity index is 1600. The lowest BCUT2D eigenvalue weighted by molar-refractivity contribution is -0.142. The summed E-state index contributed by atoms with van der Waals surface area (Å²) in [4.78, 5) is 27.9. The van der Waals surface area contributed by atoms with E-state index < -0.39 is 35.0 Å². The molecule has 0 aromatic heterocycles. The number of hydrogen-bond donors (Lipinski definition) is 0. The molecule has 47 heavy (non-hydrogen) atoms. The number of fused-ring (bicyclic) bond motifs is 2. The number of carbonyl (C=O) groups excluding carboxylic acids is 2. The zero-order valence-corrected chi connectivity index (χ0v) is 26.7. The van der Waals surface area contributed by atoms with Crippen molar-refractivity contribution in [1.29, 1.82) is 0 Å². The van der Waals surface area contributed by atoms with Crippen LogP contribution in [0, 0.1) is 11.8 Å². The highest BCUT2D eigenvalue weighted by molar-refractivity contribution is 5.92. The van der Waals surface area contributed by atoms with Crippen LogP contribution in [0.1, 0.15) is 55.4 Å². The van der Waals surface area contributed by atoms with Crippen molar-refractivity contribution in [3.63, 3.8) is 0 Å². The van der Waals surface area contributed by atoms with E-state index in [0.717, 1.165) is 22.3 Å². The molecule has 4 aromatic rings. The van der Waals surface area contributed by atoms with E-state index in [1.54, 1.807) is 0 Å². The lowest BCUT2D eigenvalue weighted by Gasteiger charge is -2.40. The molecule has 3 aliphatic heterocycles. The molecule has 0 amide bonds. The molecule has 1 saturated heterocycles. The number of ether oxygens (including phenoxy) is 4. The van der Waals surface area contributed by atoms with Crippen LogP contribution >= 0.6 is 0 Å². The van der Waals surface area contributed by atoms with E-state index in [9.17, 15) is 9.59 Å². The first-order valence-corrected chi connectivity index (χ1v) is 16.3. The van der Waals surface area contributed by atoms with Crippen LogP contribution in [-0.4, -0.2) is 25.2 Å². The van der Waals surface area contributed by atoms with Gasteiger partial charge in [-0.1, -0.05) is 121 Å². The zero-order valence-electron chi connectivity index (χ0n) is 26.7. The van der Waals surface area contributed by atoms with Crippen LogP contribution < -0.4 is 0 Å². The zero-order chi connectivity index (χ0) is 32.4. The molecule has 0 N–H and O–H groups in total. The van der Waals surface area contributed by atoms with Gasteiger partial charge in [0.25, 0.3) is 0 Å². The van der Waals surface area contributed by atoms with Gasteiger partial charge in [-0.25, -0.2) is 9.59 Å². The van der Waals surface area contributed by atoms with Crippen molar-refractivity contribution in [2.75, 3.05) is 13.2 Å². The number of rotatable bonds is 4. The van der Waals surface area contributed by atoms with Gasteiger partial charge in [0, 0.05) is 40.5 Å². The number of carbonyl (C=O) groups is 2. The molecule has 4 aromatic carbocycles. The third-order valence-electron chi connectivity index (χ3n) is 9.81. The highest BCUT2D eigenvalue weighted by Crippen LogP contribution is 2.57. The Morgan fingerprint density at radius 1 is 0.489 bits per heavy atom. The van der Waals surface area contributed by atoms with Crippen LogP contribution in [0.5, 0.6) is 0 Å². The lowest BCUT2D eigenvalue weighted by atomic mass is 9.67. The molecule has 0 aliphatic carbocycles.